The average Bonchev–Trinajstić information content (AvgIpc) is 2.60. The highest BCUT2D eigenvalue weighted by Crippen LogP contribution is 2.39. The molecule has 0 aromatic heterocycles. The highest BCUT2D eigenvalue weighted by atomic mass is 79.9. The summed E-state index contributed by atoms with van der Waals surface area (Å²) in [6.45, 7) is 3.78. The lowest BCUT2D eigenvalue weighted by Crippen LogP contribution is -2.46. The topological polar surface area (TPSA) is 46.6 Å². The van der Waals surface area contributed by atoms with Crippen molar-refractivity contribution in [3.63, 3.8) is 0 Å². The minimum atomic E-state index is -0.585. The van der Waals surface area contributed by atoms with E-state index in [1.54, 1.807) is 4.90 Å². The molecule has 1 atom stereocenters. The van der Waals surface area contributed by atoms with Crippen LogP contribution in [0.15, 0.2) is 28.7 Å². The third-order valence-electron chi connectivity index (χ3n) is 3.63. The number of amides is 1. The fourth-order valence-electron chi connectivity index (χ4n) is 2.57. The molecular formula is C14H16BrNO3. The molecule has 0 N–H and O–H groups in total. The summed E-state index contributed by atoms with van der Waals surface area (Å²) in [5, 5.41) is 0. The third kappa shape index (κ3) is 2.39. The van der Waals surface area contributed by atoms with Crippen LogP contribution in [0.25, 0.3) is 0 Å². The maximum absolute atomic E-state index is 12.2. The zero-order valence-electron chi connectivity index (χ0n) is 11.1. The summed E-state index contributed by atoms with van der Waals surface area (Å²) < 4.78 is 5.75. The van der Waals surface area contributed by atoms with E-state index in [1.807, 2.05) is 38.1 Å². The van der Waals surface area contributed by atoms with Gasteiger partial charge in [-0.2, -0.15) is 0 Å². The molecule has 0 radical (unpaired) electrons. The number of carbonyl (C=O) groups is 2. The van der Waals surface area contributed by atoms with Gasteiger partial charge < -0.3 is 9.64 Å². The van der Waals surface area contributed by atoms with Crippen molar-refractivity contribution in [2.45, 2.75) is 25.8 Å². The number of anilines is 1. The summed E-state index contributed by atoms with van der Waals surface area (Å²) in [7, 11) is 1.35. The van der Waals surface area contributed by atoms with Gasteiger partial charge in [-0.3, -0.25) is 9.59 Å². The molecule has 102 valence electrons. The second-order valence-electron chi connectivity index (χ2n) is 5.14. The number of esters is 1. The molecule has 1 unspecified atom stereocenters. The monoisotopic (exact) mass is 325 g/mol. The fourth-order valence-corrected chi connectivity index (χ4v) is 2.84. The summed E-state index contributed by atoms with van der Waals surface area (Å²) in [6, 6.07) is 7.49. The van der Waals surface area contributed by atoms with Crippen molar-refractivity contribution < 1.29 is 14.3 Å². The summed E-state index contributed by atoms with van der Waals surface area (Å²) in [5.41, 5.74) is 0.211. The van der Waals surface area contributed by atoms with Crippen LogP contribution < -0.4 is 4.90 Å². The first-order chi connectivity index (χ1) is 8.87. The van der Waals surface area contributed by atoms with Gasteiger partial charge in [0.25, 0.3) is 0 Å². The minimum absolute atomic E-state index is 0.0530. The van der Waals surface area contributed by atoms with E-state index >= 15 is 0 Å². The van der Waals surface area contributed by atoms with Gasteiger partial charge >= 0.3 is 5.97 Å². The van der Waals surface area contributed by atoms with Gasteiger partial charge in [0.1, 0.15) is 0 Å². The van der Waals surface area contributed by atoms with Crippen LogP contribution in [0, 0.1) is 5.92 Å². The van der Waals surface area contributed by atoms with Gasteiger partial charge in [-0.15, -0.1) is 0 Å². The van der Waals surface area contributed by atoms with E-state index in [0.717, 1.165) is 10.2 Å². The van der Waals surface area contributed by atoms with Crippen LogP contribution in [0.2, 0.25) is 0 Å². The molecule has 1 aliphatic heterocycles. The van der Waals surface area contributed by atoms with Gasteiger partial charge in [0.2, 0.25) is 5.91 Å². The summed E-state index contributed by atoms with van der Waals surface area (Å²) in [5.74, 6) is -0.825. The Hall–Kier alpha value is -1.36. The number of ether oxygens (including phenoxy) is 1. The Balaban J connectivity index is 2.38. The first-order valence-electron chi connectivity index (χ1n) is 6.04. The molecule has 1 aromatic carbocycles. The molecule has 1 saturated heterocycles. The average molecular weight is 326 g/mol. The molecule has 1 aromatic rings. The number of benzene rings is 1. The van der Waals surface area contributed by atoms with Crippen LogP contribution in [0.4, 0.5) is 5.69 Å². The number of hydrogen-bond acceptors (Lipinski definition) is 3. The van der Waals surface area contributed by atoms with Crippen LogP contribution in [-0.4, -0.2) is 24.5 Å². The van der Waals surface area contributed by atoms with Crippen molar-refractivity contribution >= 4 is 33.5 Å². The molecule has 1 aliphatic rings. The quantitative estimate of drug-likeness (QED) is 0.785. The van der Waals surface area contributed by atoms with Gasteiger partial charge in [0.15, 0.2) is 0 Å². The Bertz CT molecular complexity index is 510. The summed E-state index contributed by atoms with van der Waals surface area (Å²) in [4.78, 5) is 25.7. The molecule has 5 heteroatoms. The van der Waals surface area contributed by atoms with Crippen LogP contribution in [0.1, 0.15) is 20.3 Å². The molecule has 1 fully saturated rings. The van der Waals surface area contributed by atoms with Crippen molar-refractivity contribution in [1.82, 2.24) is 0 Å². The Morgan fingerprint density at radius 1 is 1.37 bits per heavy atom. The third-order valence-corrected chi connectivity index (χ3v) is 4.16. The van der Waals surface area contributed by atoms with Crippen LogP contribution in [-0.2, 0) is 14.3 Å². The maximum Gasteiger partial charge on any atom is 0.311 e. The van der Waals surface area contributed by atoms with Crippen LogP contribution >= 0.6 is 15.9 Å². The largest absolute Gasteiger partial charge is 0.469 e. The molecule has 4 nitrogen and oxygen atoms in total. The van der Waals surface area contributed by atoms with E-state index in [-0.39, 0.29) is 18.3 Å². The van der Waals surface area contributed by atoms with Gasteiger partial charge in [0.05, 0.1) is 18.6 Å². The van der Waals surface area contributed by atoms with Crippen LogP contribution in [0.3, 0.4) is 0 Å². The van der Waals surface area contributed by atoms with Crippen molar-refractivity contribution in [3.8, 4) is 0 Å². The number of rotatable bonds is 2. The second kappa shape index (κ2) is 4.96. The highest BCUT2D eigenvalue weighted by molar-refractivity contribution is 9.10. The van der Waals surface area contributed by atoms with Crippen molar-refractivity contribution in [1.29, 1.82) is 0 Å². The molecule has 1 amide bonds. The lowest BCUT2D eigenvalue weighted by Gasteiger charge is -2.34. The van der Waals surface area contributed by atoms with E-state index in [9.17, 15) is 9.59 Å². The molecule has 0 saturated carbocycles. The van der Waals surface area contributed by atoms with Gasteiger partial charge in [0, 0.05) is 16.6 Å². The highest BCUT2D eigenvalue weighted by Gasteiger charge is 2.50. The van der Waals surface area contributed by atoms with E-state index in [2.05, 4.69) is 15.9 Å². The lowest BCUT2D eigenvalue weighted by molar-refractivity contribution is -0.147. The first-order valence-corrected chi connectivity index (χ1v) is 6.83. The number of halogens is 1. The predicted octanol–water partition coefficient (Wildman–Crippen LogP) is 2.75. The van der Waals surface area contributed by atoms with Gasteiger partial charge in [-0.05, 0) is 38.1 Å². The van der Waals surface area contributed by atoms with Crippen molar-refractivity contribution in [2.24, 2.45) is 5.92 Å². The summed E-state index contributed by atoms with van der Waals surface area (Å²) in [6.07, 6.45) is 0.190. The molecular weight excluding hydrogens is 310 g/mol. The lowest BCUT2D eigenvalue weighted by atomic mass is 9.88. The number of hydrogen-bond donors (Lipinski definition) is 0. The second-order valence-corrected chi connectivity index (χ2v) is 6.05. The van der Waals surface area contributed by atoms with Gasteiger partial charge in [-0.25, -0.2) is 0 Å². The maximum atomic E-state index is 12.2. The molecule has 1 heterocycles. The fraction of sp³-hybridized carbons (Fsp3) is 0.429. The Morgan fingerprint density at radius 2 is 1.95 bits per heavy atom. The van der Waals surface area contributed by atoms with E-state index < -0.39 is 11.5 Å². The normalized spacial score (nSPS) is 21.6. The standard InChI is InChI=1S/C14H16BrNO3/c1-14(2)11(13(18)19-3)8-12(17)16(14)10-6-4-9(15)5-7-10/h4-7,11H,8H2,1-3H3. The van der Waals surface area contributed by atoms with Crippen molar-refractivity contribution in [2.75, 3.05) is 12.0 Å². The van der Waals surface area contributed by atoms with E-state index in [0.29, 0.717) is 0 Å². The minimum Gasteiger partial charge on any atom is -0.469 e. The molecule has 0 spiro atoms. The summed E-state index contributed by atoms with van der Waals surface area (Å²) >= 11 is 3.37. The van der Waals surface area contributed by atoms with Gasteiger partial charge in [-0.1, -0.05) is 15.9 Å². The molecule has 19 heavy (non-hydrogen) atoms. The smallest absolute Gasteiger partial charge is 0.311 e. The zero-order chi connectivity index (χ0) is 14.2. The Labute approximate surface area is 120 Å². The molecule has 2 rings (SSSR count). The zero-order valence-corrected chi connectivity index (χ0v) is 12.7. The SMILES string of the molecule is COC(=O)C1CC(=O)N(c2ccc(Br)cc2)C1(C)C. The van der Waals surface area contributed by atoms with Crippen molar-refractivity contribution in [3.05, 3.63) is 28.7 Å². The van der Waals surface area contributed by atoms with E-state index in [1.165, 1.54) is 7.11 Å². The van der Waals surface area contributed by atoms with E-state index in [4.69, 9.17) is 4.74 Å². The Morgan fingerprint density at radius 3 is 2.47 bits per heavy atom. The number of carbonyl (C=O) groups excluding carboxylic acids is 2. The molecule has 0 aliphatic carbocycles. The molecule has 0 bridgehead atoms. The Kier molecular flexibility index (Phi) is 3.67. The van der Waals surface area contributed by atoms with Crippen LogP contribution in [0.5, 0.6) is 0 Å². The number of nitrogens with zero attached hydrogens (tertiary/aromatic N) is 1. The predicted molar refractivity (Wildman–Crippen MR) is 75.8 cm³/mol. The first kappa shape index (κ1) is 14.1. The number of methoxy groups -OCH3 is 1.